The Bertz CT molecular complexity index is 783. The number of carbonyl (C=O) groups excluding carboxylic acids is 2. The maximum absolute atomic E-state index is 12.1. The molecule has 0 saturated heterocycles. The largest absolute Gasteiger partial charge is 0.325 e. The smallest absolute Gasteiger partial charge is 0.257 e. The molecule has 0 bridgehead atoms. The minimum Gasteiger partial charge on any atom is -0.325 e. The summed E-state index contributed by atoms with van der Waals surface area (Å²) in [5.41, 5.74) is 1.38. The molecule has 0 saturated carbocycles. The third-order valence-electron chi connectivity index (χ3n) is 2.84. The van der Waals surface area contributed by atoms with Crippen molar-refractivity contribution >= 4 is 46.4 Å². The van der Waals surface area contributed by atoms with Crippen LogP contribution >= 0.6 is 23.2 Å². The van der Waals surface area contributed by atoms with Gasteiger partial charge in [-0.15, -0.1) is 0 Å². The van der Waals surface area contributed by atoms with Crippen molar-refractivity contribution in [2.45, 2.75) is 6.42 Å². The van der Waals surface area contributed by atoms with Crippen LogP contribution in [0.1, 0.15) is 16.8 Å². The van der Waals surface area contributed by atoms with E-state index in [1.807, 2.05) is 0 Å². The molecule has 0 aromatic heterocycles. The topological polar surface area (TPSA) is 82.0 Å². The number of halogens is 2. The van der Waals surface area contributed by atoms with Gasteiger partial charge in [0.05, 0.1) is 16.7 Å². The van der Waals surface area contributed by atoms with Crippen molar-refractivity contribution < 1.29 is 9.59 Å². The number of nitrogens with zero attached hydrogens (tertiary/aromatic N) is 1. The lowest BCUT2D eigenvalue weighted by atomic mass is 10.2. The summed E-state index contributed by atoms with van der Waals surface area (Å²) >= 11 is 11.8. The molecule has 0 aliphatic carbocycles. The van der Waals surface area contributed by atoms with E-state index in [2.05, 4.69) is 10.6 Å². The van der Waals surface area contributed by atoms with Crippen LogP contribution in [0.15, 0.2) is 42.5 Å². The van der Waals surface area contributed by atoms with Crippen molar-refractivity contribution in [3.8, 4) is 6.07 Å². The molecule has 0 fully saturated rings. The average molecular weight is 348 g/mol. The van der Waals surface area contributed by atoms with Gasteiger partial charge in [0.25, 0.3) is 5.91 Å². The van der Waals surface area contributed by atoms with Gasteiger partial charge in [-0.25, -0.2) is 0 Å². The molecule has 0 aliphatic heterocycles. The minimum absolute atomic E-state index is 0.215. The zero-order valence-electron chi connectivity index (χ0n) is 11.8. The van der Waals surface area contributed by atoms with E-state index >= 15 is 0 Å². The normalized spacial score (nSPS) is 9.78. The van der Waals surface area contributed by atoms with Crippen LogP contribution in [0.4, 0.5) is 11.4 Å². The van der Waals surface area contributed by atoms with Crippen LogP contribution in [0.3, 0.4) is 0 Å². The summed E-state index contributed by atoms with van der Waals surface area (Å²) in [7, 11) is 0. The molecule has 2 aromatic rings. The molecule has 0 radical (unpaired) electrons. The predicted molar refractivity (Wildman–Crippen MR) is 89.7 cm³/mol. The second-order valence-corrected chi connectivity index (χ2v) is 5.38. The monoisotopic (exact) mass is 347 g/mol. The Labute approximate surface area is 142 Å². The van der Waals surface area contributed by atoms with Crippen molar-refractivity contribution in [1.29, 1.82) is 5.26 Å². The summed E-state index contributed by atoms with van der Waals surface area (Å²) in [6, 6.07) is 12.9. The van der Waals surface area contributed by atoms with Gasteiger partial charge in [0.2, 0.25) is 5.91 Å². The van der Waals surface area contributed by atoms with Crippen molar-refractivity contribution in [2.75, 3.05) is 10.6 Å². The van der Waals surface area contributed by atoms with Crippen LogP contribution < -0.4 is 10.6 Å². The zero-order chi connectivity index (χ0) is 16.8. The first-order valence-corrected chi connectivity index (χ1v) is 7.28. The molecule has 0 spiro atoms. The number of benzene rings is 2. The summed E-state index contributed by atoms with van der Waals surface area (Å²) in [6.45, 7) is 0. The molecular formula is C16H11Cl2N3O2. The van der Waals surface area contributed by atoms with Crippen LogP contribution in [0, 0.1) is 11.3 Å². The van der Waals surface area contributed by atoms with Crippen molar-refractivity contribution in [1.82, 2.24) is 0 Å². The standard InChI is InChI=1S/C16H11Cl2N3O2/c17-10-1-6-13(14(18)9-10)16(23)21-12-4-2-11(3-5-12)20-15(22)7-8-19/h1-6,9H,7H2,(H,20,22)(H,21,23). The van der Waals surface area contributed by atoms with Gasteiger partial charge in [0, 0.05) is 16.4 Å². The van der Waals surface area contributed by atoms with Gasteiger partial charge in [0.15, 0.2) is 0 Å². The zero-order valence-corrected chi connectivity index (χ0v) is 13.3. The second-order valence-electron chi connectivity index (χ2n) is 4.54. The predicted octanol–water partition coefficient (Wildman–Crippen LogP) is 4.10. The molecule has 7 heteroatoms. The molecule has 5 nitrogen and oxygen atoms in total. The van der Waals surface area contributed by atoms with E-state index in [1.165, 1.54) is 12.1 Å². The maximum atomic E-state index is 12.1. The number of anilines is 2. The Morgan fingerprint density at radius 2 is 1.61 bits per heavy atom. The van der Waals surface area contributed by atoms with Gasteiger partial charge in [-0.05, 0) is 42.5 Å². The minimum atomic E-state index is -0.391. The van der Waals surface area contributed by atoms with Crippen LogP contribution in [-0.4, -0.2) is 11.8 Å². The van der Waals surface area contributed by atoms with Gasteiger partial charge in [-0.1, -0.05) is 23.2 Å². The lowest BCUT2D eigenvalue weighted by molar-refractivity contribution is -0.115. The quantitative estimate of drug-likeness (QED) is 0.873. The fourth-order valence-electron chi connectivity index (χ4n) is 1.79. The average Bonchev–Trinajstić information content (AvgIpc) is 2.49. The van der Waals surface area contributed by atoms with Gasteiger partial charge in [-0.2, -0.15) is 5.26 Å². The van der Waals surface area contributed by atoms with E-state index in [4.69, 9.17) is 28.5 Å². The molecule has 0 atom stereocenters. The summed E-state index contributed by atoms with van der Waals surface area (Å²) in [5.74, 6) is -0.759. The first-order valence-electron chi connectivity index (χ1n) is 6.53. The summed E-state index contributed by atoms with van der Waals surface area (Å²) in [6.07, 6.45) is -0.215. The Morgan fingerprint density at radius 1 is 1.00 bits per heavy atom. The highest BCUT2D eigenvalue weighted by atomic mass is 35.5. The lowest BCUT2D eigenvalue weighted by Crippen LogP contribution is -2.13. The molecule has 2 amide bonds. The van der Waals surface area contributed by atoms with E-state index in [1.54, 1.807) is 36.4 Å². The molecular weight excluding hydrogens is 337 g/mol. The number of amides is 2. The third kappa shape index (κ3) is 4.71. The SMILES string of the molecule is N#CCC(=O)Nc1ccc(NC(=O)c2ccc(Cl)cc2Cl)cc1. The number of nitrogens with one attached hydrogen (secondary N) is 2. The molecule has 2 N–H and O–H groups in total. The maximum Gasteiger partial charge on any atom is 0.257 e. The van der Waals surface area contributed by atoms with Crippen molar-refractivity contribution in [3.63, 3.8) is 0 Å². The third-order valence-corrected chi connectivity index (χ3v) is 3.39. The molecule has 0 unspecified atom stereocenters. The molecule has 0 heterocycles. The Balaban J connectivity index is 2.04. The highest BCUT2D eigenvalue weighted by Gasteiger charge is 2.11. The number of carbonyl (C=O) groups is 2. The van der Waals surface area contributed by atoms with Crippen LogP contribution in [0.25, 0.3) is 0 Å². The Morgan fingerprint density at radius 3 is 2.17 bits per heavy atom. The number of nitriles is 1. The van der Waals surface area contributed by atoms with E-state index in [-0.39, 0.29) is 17.4 Å². The van der Waals surface area contributed by atoms with Crippen molar-refractivity contribution in [2.24, 2.45) is 0 Å². The van der Waals surface area contributed by atoms with Gasteiger partial charge in [-0.3, -0.25) is 9.59 Å². The van der Waals surface area contributed by atoms with E-state index < -0.39 is 5.91 Å². The van der Waals surface area contributed by atoms with E-state index in [9.17, 15) is 9.59 Å². The van der Waals surface area contributed by atoms with Gasteiger partial charge < -0.3 is 10.6 Å². The molecule has 2 rings (SSSR count). The molecule has 23 heavy (non-hydrogen) atoms. The molecule has 2 aromatic carbocycles. The van der Waals surface area contributed by atoms with Crippen LogP contribution in [-0.2, 0) is 4.79 Å². The Kier molecular flexibility index (Phi) is 5.58. The first kappa shape index (κ1) is 16.8. The summed E-state index contributed by atoms with van der Waals surface area (Å²) < 4.78 is 0. The van der Waals surface area contributed by atoms with E-state index in [0.29, 0.717) is 22.0 Å². The lowest BCUT2D eigenvalue weighted by Gasteiger charge is -2.08. The van der Waals surface area contributed by atoms with Crippen LogP contribution in [0.5, 0.6) is 0 Å². The van der Waals surface area contributed by atoms with Crippen LogP contribution in [0.2, 0.25) is 10.0 Å². The fraction of sp³-hybridized carbons (Fsp3) is 0.0625. The van der Waals surface area contributed by atoms with Gasteiger partial charge >= 0.3 is 0 Å². The second kappa shape index (κ2) is 7.63. The first-order chi connectivity index (χ1) is 11.0. The fourth-order valence-corrected chi connectivity index (χ4v) is 2.28. The molecule has 116 valence electrons. The Hall–Kier alpha value is -2.55. The summed E-state index contributed by atoms with van der Waals surface area (Å²) in [5, 5.41) is 14.4. The number of hydrogen-bond donors (Lipinski definition) is 2. The molecule has 0 aliphatic rings. The highest BCUT2D eigenvalue weighted by molar-refractivity contribution is 6.37. The van der Waals surface area contributed by atoms with Gasteiger partial charge in [0.1, 0.15) is 6.42 Å². The number of rotatable bonds is 4. The highest BCUT2D eigenvalue weighted by Crippen LogP contribution is 2.22. The van der Waals surface area contributed by atoms with E-state index in [0.717, 1.165) is 0 Å². The number of hydrogen-bond acceptors (Lipinski definition) is 3. The van der Waals surface area contributed by atoms with Crippen molar-refractivity contribution in [3.05, 3.63) is 58.1 Å². The summed E-state index contributed by atoms with van der Waals surface area (Å²) in [4.78, 5) is 23.4.